The summed E-state index contributed by atoms with van der Waals surface area (Å²) in [5.41, 5.74) is 3.32. The van der Waals surface area contributed by atoms with Crippen LogP contribution in [0.2, 0.25) is 0 Å². The van der Waals surface area contributed by atoms with E-state index in [4.69, 9.17) is 23.2 Å². The van der Waals surface area contributed by atoms with Crippen LogP contribution < -0.4 is 10.6 Å². The molecule has 0 radical (unpaired) electrons. The summed E-state index contributed by atoms with van der Waals surface area (Å²) in [5, 5.41) is 8.15. The van der Waals surface area contributed by atoms with Crippen molar-refractivity contribution in [2.75, 3.05) is 53.4 Å². The summed E-state index contributed by atoms with van der Waals surface area (Å²) in [5.74, 6) is 1.81. The first-order valence-corrected chi connectivity index (χ1v) is 14.9. The molecule has 0 aromatic heterocycles. The van der Waals surface area contributed by atoms with E-state index in [1.807, 2.05) is 0 Å². The van der Waals surface area contributed by atoms with Crippen molar-refractivity contribution in [1.29, 1.82) is 0 Å². The van der Waals surface area contributed by atoms with E-state index in [1.165, 1.54) is 31.6 Å². The number of hydrogen-bond acceptors (Lipinski definition) is 4. The molecule has 4 nitrogen and oxygen atoms in total. The summed E-state index contributed by atoms with van der Waals surface area (Å²) < 4.78 is 0. The maximum Gasteiger partial charge on any atom is 0.0396 e. The first-order chi connectivity index (χ1) is 16.5. The van der Waals surface area contributed by atoms with E-state index in [0.29, 0.717) is 34.6 Å². The molecule has 3 rings (SSSR count). The van der Waals surface area contributed by atoms with Crippen LogP contribution in [0, 0.1) is 23.2 Å². The fourth-order valence-corrected chi connectivity index (χ4v) is 6.92. The SMILES string of the molecule is CC(C)[C@H](CN1CCC(C2=CCC(Cl)CC2)C(C)(C)C1)NCC1C=C(NCCN(C)C)CC(Cl)C1. The van der Waals surface area contributed by atoms with Crippen molar-refractivity contribution in [3.05, 3.63) is 23.4 Å². The number of allylic oxidation sites excluding steroid dienone is 3. The van der Waals surface area contributed by atoms with Gasteiger partial charge in [-0.2, -0.15) is 0 Å². The Balaban J connectivity index is 1.52. The lowest BCUT2D eigenvalue weighted by atomic mass is 9.68. The zero-order valence-corrected chi connectivity index (χ0v) is 24.8. The molecule has 0 aromatic rings. The zero-order valence-electron chi connectivity index (χ0n) is 23.3. The minimum absolute atomic E-state index is 0.231. The number of nitrogens with one attached hydrogen (secondary N) is 2. The average Bonchev–Trinajstić information content (AvgIpc) is 2.76. The van der Waals surface area contributed by atoms with Gasteiger partial charge in [0.25, 0.3) is 0 Å². The van der Waals surface area contributed by atoms with Crippen molar-refractivity contribution >= 4 is 23.2 Å². The predicted octanol–water partition coefficient (Wildman–Crippen LogP) is 5.72. The Morgan fingerprint density at radius 2 is 1.94 bits per heavy atom. The molecule has 1 fully saturated rings. The van der Waals surface area contributed by atoms with Crippen molar-refractivity contribution in [2.24, 2.45) is 23.2 Å². The van der Waals surface area contributed by atoms with E-state index >= 15 is 0 Å². The second-order valence-corrected chi connectivity index (χ2v) is 13.9. The van der Waals surface area contributed by atoms with Crippen LogP contribution in [0.1, 0.15) is 66.2 Å². The molecule has 35 heavy (non-hydrogen) atoms. The van der Waals surface area contributed by atoms with Crippen molar-refractivity contribution in [3.8, 4) is 0 Å². The quantitative estimate of drug-likeness (QED) is 0.266. The van der Waals surface area contributed by atoms with E-state index in [2.05, 4.69) is 74.4 Å². The molecular weight excluding hydrogens is 475 g/mol. The van der Waals surface area contributed by atoms with Crippen LogP contribution in [0.5, 0.6) is 0 Å². The van der Waals surface area contributed by atoms with Gasteiger partial charge >= 0.3 is 0 Å². The molecule has 0 saturated carbocycles. The van der Waals surface area contributed by atoms with Crippen molar-refractivity contribution in [2.45, 2.75) is 83.0 Å². The van der Waals surface area contributed by atoms with Crippen LogP contribution in [0.4, 0.5) is 0 Å². The summed E-state index contributed by atoms with van der Waals surface area (Å²) in [6.45, 7) is 16.2. The van der Waals surface area contributed by atoms with E-state index in [1.54, 1.807) is 5.57 Å². The molecule has 1 saturated heterocycles. The maximum absolute atomic E-state index is 6.66. The van der Waals surface area contributed by atoms with Crippen LogP contribution in [0.15, 0.2) is 23.4 Å². The molecule has 3 aliphatic rings. The number of nitrogens with zero attached hydrogens (tertiary/aromatic N) is 2. The van der Waals surface area contributed by atoms with Gasteiger partial charge in [0.1, 0.15) is 0 Å². The van der Waals surface area contributed by atoms with Gasteiger partial charge in [0.15, 0.2) is 0 Å². The Morgan fingerprint density at radius 3 is 2.57 bits per heavy atom. The van der Waals surface area contributed by atoms with E-state index in [0.717, 1.165) is 51.9 Å². The second-order valence-electron chi connectivity index (χ2n) is 12.7. The number of halogens is 2. The number of likely N-dealkylation sites (tertiary alicyclic amines) is 1. The largest absolute Gasteiger partial charge is 0.387 e. The number of likely N-dealkylation sites (N-methyl/N-ethyl adjacent to an activating group) is 1. The van der Waals surface area contributed by atoms with Crippen LogP contribution in [-0.4, -0.2) is 80.0 Å². The molecule has 0 amide bonds. The van der Waals surface area contributed by atoms with Gasteiger partial charge < -0.3 is 20.4 Å². The molecule has 1 heterocycles. The van der Waals surface area contributed by atoms with Gasteiger partial charge in [0.2, 0.25) is 0 Å². The zero-order chi connectivity index (χ0) is 25.6. The van der Waals surface area contributed by atoms with E-state index < -0.39 is 0 Å². The fourth-order valence-electron chi connectivity index (χ4n) is 6.33. The molecule has 2 aliphatic carbocycles. The van der Waals surface area contributed by atoms with Crippen LogP contribution in [0.3, 0.4) is 0 Å². The lowest BCUT2D eigenvalue weighted by Crippen LogP contribution is -2.52. The first kappa shape index (κ1) is 29.3. The third-order valence-electron chi connectivity index (χ3n) is 8.39. The highest BCUT2D eigenvalue weighted by molar-refractivity contribution is 6.21. The molecule has 202 valence electrons. The Hall–Kier alpha value is -0.260. The van der Waals surface area contributed by atoms with Gasteiger partial charge in [-0.15, -0.1) is 23.2 Å². The number of hydrogen-bond donors (Lipinski definition) is 2. The second kappa shape index (κ2) is 13.5. The first-order valence-electron chi connectivity index (χ1n) is 14.1. The monoisotopic (exact) mass is 526 g/mol. The molecular formula is C29H52Cl2N4. The minimum atomic E-state index is 0.231. The topological polar surface area (TPSA) is 30.5 Å². The van der Waals surface area contributed by atoms with Crippen molar-refractivity contribution in [1.82, 2.24) is 20.4 Å². The van der Waals surface area contributed by atoms with Gasteiger partial charge in [-0.25, -0.2) is 0 Å². The molecule has 5 atom stereocenters. The van der Waals surface area contributed by atoms with Gasteiger partial charge in [-0.1, -0.05) is 45.4 Å². The van der Waals surface area contributed by atoms with Gasteiger partial charge in [0, 0.05) is 61.6 Å². The highest BCUT2D eigenvalue weighted by Gasteiger charge is 2.39. The third kappa shape index (κ3) is 9.21. The number of piperidine rings is 1. The summed E-state index contributed by atoms with van der Waals surface area (Å²) in [6, 6.07) is 0.502. The third-order valence-corrected chi connectivity index (χ3v) is 9.12. The maximum atomic E-state index is 6.66. The van der Waals surface area contributed by atoms with Gasteiger partial charge in [-0.3, -0.25) is 0 Å². The number of rotatable bonds is 11. The molecule has 4 unspecified atom stereocenters. The van der Waals surface area contributed by atoms with Gasteiger partial charge in [-0.05, 0) is 75.9 Å². The minimum Gasteiger partial charge on any atom is -0.387 e. The molecule has 6 heteroatoms. The summed E-state index contributed by atoms with van der Waals surface area (Å²) >= 11 is 13.0. The van der Waals surface area contributed by atoms with Crippen molar-refractivity contribution < 1.29 is 0 Å². The Morgan fingerprint density at radius 1 is 1.17 bits per heavy atom. The Labute approximate surface area is 226 Å². The average molecular weight is 528 g/mol. The summed E-state index contributed by atoms with van der Waals surface area (Å²) in [6.07, 6.45) is 11.6. The van der Waals surface area contributed by atoms with E-state index in [9.17, 15) is 0 Å². The Bertz CT molecular complexity index is 717. The summed E-state index contributed by atoms with van der Waals surface area (Å²) in [7, 11) is 4.24. The van der Waals surface area contributed by atoms with Crippen LogP contribution in [-0.2, 0) is 0 Å². The number of alkyl halides is 2. The molecule has 2 N–H and O–H groups in total. The van der Waals surface area contributed by atoms with Crippen LogP contribution >= 0.6 is 23.2 Å². The molecule has 0 spiro atoms. The van der Waals surface area contributed by atoms with Crippen molar-refractivity contribution in [3.63, 3.8) is 0 Å². The molecule has 0 aromatic carbocycles. The smallest absolute Gasteiger partial charge is 0.0396 e. The predicted molar refractivity (Wildman–Crippen MR) is 154 cm³/mol. The van der Waals surface area contributed by atoms with Crippen LogP contribution in [0.25, 0.3) is 0 Å². The molecule has 0 bridgehead atoms. The highest BCUT2D eigenvalue weighted by Crippen LogP contribution is 2.43. The Kier molecular flexibility index (Phi) is 11.3. The normalized spacial score (nSPS) is 30.8. The lowest BCUT2D eigenvalue weighted by molar-refractivity contribution is 0.0595. The van der Waals surface area contributed by atoms with Gasteiger partial charge in [0.05, 0.1) is 0 Å². The van der Waals surface area contributed by atoms with E-state index in [-0.39, 0.29) is 5.38 Å². The highest BCUT2D eigenvalue weighted by atomic mass is 35.5. The molecule has 1 aliphatic heterocycles. The fraction of sp³-hybridized carbons (Fsp3) is 0.862. The standard InChI is InChI=1S/C29H52Cl2N4/c1-21(2)28(33-18-22-15-25(31)17-26(16-22)32-12-14-34(5)6)19-35-13-11-27(29(3,4)20-35)23-7-9-24(30)10-8-23/h7,16,21-22,24-25,27-28,32-33H,8-15,17-20H2,1-6H3/t22?,24?,25?,27?,28-/m0/s1. The lowest BCUT2D eigenvalue weighted by Gasteiger charge is -2.47. The summed E-state index contributed by atoms with van der Waals surface area (Å²) in [4.78, 5) is 4.93.